The molecular formula is C12H26N2O3S. The number of methoxy groups -OCH3 is 1. The van der Waals surface area contributed by atoms with E-state index in [0.717, 1.165) is 32.1 Å². The molecule has 0 heterocycles. The quantitative estimate of drug-likeness (QED) is 0.723. The van der Waals surface area contributed by atoms with Crippen LogP contribution in [0.5, 0.6) is 0 Å². The van der Waals surface area contributed by atoms with Crippen molar-refractivity contribution < 1.29 is 13.2 Å². The van der Waals surface area contributed by atoms with Gasteiger partial charge in [-0.2, -0.15) is 0 Å². The predicted molar refractivity (Wildman–Crippen MR) is 72.8 cm³/mol. The van der Waals surface area contributed by atoms with Crippen molar-refractivity contribution >= 4 is 10.0 Å². The Labute approximate surface area is 111 Å². The van der Waals surface area contributed by atoms with Gasteiger partial charge in [0.25, 0.3) is 0 Å². The molecule has 5 nitrogen and oxygen atoms in total. The van der Waals surface area contributed by atoms with Crippen LogP contribution in [0.15, 0.2) is 0 Å². The van der Waals surface area contributed by atoms with E-state index < -0.39 is 15.6 Å². The molecule has 1 rings (SSSR count). The molecule has 0 aromatic rings. The maximum Gasteiger partial charge on any atom is 0.214 e. The molecule has 6 heteroatoms. The molecule has 0 aromatic heterocycles. The fraction of sp³-hybridized carbons (Fsp3) is 1.00. The number of hydrogen-bond acceptors (Lipinski definition) is 4. The minimum atomic E-state index is -3.29. The maximum atomic E-state index is 11.9. The van der Waals surface area contributed by atoms with Crippen LogP contribution in [-0.2, 0) is 14.8 Å². The van der Waals surface area contributed by atoms with E-state index in [1.807, 2.05) is 0 Å². The number of nitrogens with one attached hydrogen (secondary N) is 1. The highest BCUT2D eigenvalue weighted by Crippen LogP contribution is 2.33. The molecule has 3 N–H and O–H groups in total. The lowest BCUT2D eigenvalue weighted by atomic mass is 9.76. The van der Waals surface area contributed by atoms with Crippen LogP contribution in [0.25, 0.3) is 0 Å². The molecule has 1 aliphatic rings. The zero-order chi connectivity index (χ0) is 13.6. The van der Waals surface area contributed by atoms with Gasteiger partial charge in [0.2, 0.25) is 10.0 Å². The van der Waals surface area contributed by atoms with Crippen LogP contribution >= 0.6 is 0 Å². The van der Waals surface area contributed by atoms with Gasteiger partial charge in [-0.05, 0) is 31.6 Å². The van der Waals surface area contributed by atoms with E-state index in [9.17, 15) is 8.42 Å². The summed E-state index contributed by atoms with van der Waals surface area (Å²) < 4.78 is 31.5. The van der Waals surface area contributed by atoms with Crippen molar-refractivity contribution in [1.82, 2.24) is 4.72 Å². The third-order valence-corrected chi connectivity index (χ3v) is 5.41. The molecular weight excluding hydrogens is 252 g/mol. The molecule has 0 bridgehead atoms. The van der Waals surface area contributed by atoms with E-state index in [-0.39, 0.29) is 12.4 Å². The number of hydrogen-bond donors (Lipinski definition) is 2. The summed E-state index contributed by atoms with van der Waals surface area (Å²) in [6, 6.07) is 0. The molecule has 1 fully saturated rings. The third-order valence-electron chi connectivity index (χ3n) is 3.96. The zero-order valence-electron chi connectivity index (χ0n) is 11.4. The van der Waals surface area contributed by atoms with Crippen LogP contribution < -0.4 is 10.5 Å². The van der Waals surface area contributed by atoms with Gasteiger partial charge in [-0.15, -0.1) is 0 Å². The minimum Gasteiger partial charge on any atom is -0.384 e. The van der Waals surface area contributed by atoms with E-state index in [4.69, 9.17) is 10.5 Å². The molecule has 0 unspecified atom stereocenters. The Morgan fingerprint density at radius 2 is 2.00 bits per heavy atom. The van der Waals surface area contributed by atoms with Gasteiger partial charge in [0.15, 0.2) is 0 Å². The van der Waals surface area contributed by atoms with Crippen molar-refractivity contribution in [1.29, 1.82) is 0 Å². The summed E-state index contributed by atoms with van der Waals surface area (Å²) in [5, 5.41) is 0. The second-order valence-corrected chi connectivity index (χ2v) is 7.09. The van der Waals surface area contributed by atoms with Gasteiger partial charge < -0.3 is 10.5 Å². The highest BCUT2D eigenvalue weighted by molar-refractivity contribution is 7.89. The molecule has 18 heavy (non-hydrogen) atoms. The van der Waals surface area contributed by atoms with E-state index >= 15 is 0 Å². The maximum absolute atomic E-state index is 11.9. The molecule has 0 aromatic carbocycles. The predicted octanol–water partition coefficient (Wildman–Crippen LogP) is 0.850. The zero-order valence-corrected chi connectivity index (χ0v) is 12.3. The van der Waals surface area contributed by atoms with E-state index in [1.165, 1.54) is 7.11 Å². The van der Waals surface area contributed by atoms with Crippen molar-refractivity contribution in [3.05, 3.63) is 0 Å². The molecule has 0 amide bonds. The molecule has 0 saturated heterocycles. The van der Waals surface area contributed by atoms with Crippen LogP contribution in [0.4, 0.5) is 0 Å². The van der Waals surface area contributed by atoms with Crippen molar-refractivity contribution in [2.45, 2.75) is 44.6 Å². The van der Waals surface area contributed by atoms with Gasteiger partial charge in [0, 0.05) is 19.2 Å². The summed E-state index contributed by atoms with van der Waals surface area (Å²) >= 11 is 0. The normalized spacial score (nSPS) is 29.4. The van der Waals surface area contributed by atoms with Crippen LogP contribution in [0, 0.1) is 5.92 Å². The Bertz CT molecular complexity index is 335. The van der Waals surface area contributed by atoms with E-state index in [0.29, 0.717) is 12.5 Å². The first-order valence-corrected chi connectivity index (χ1v) is 8.33. The van der Waals surface area contributed by atoms with E-state index in [1.54, 1.807) is 0 Å². The Morgan fingerprint density at radius 3 is 2.44 bits per heavy atom. The SMILES string of the molecule is CCC1CCC(CN)(NS(=O)(=O)CCOC)CC1. The molecule has 0 radical (unpaired) electrons. The van der Waals surface area contributed by atoms with Gasteiger partial charge in [-0.25, -0.2) is 13.1 Å². The first kappa shape index (κ1) is 15.9. The van der Waals surface area contributed by atoms with Gasteiger partial charge in [0.05, 0.1) is 12.4 Å². The largest absolute Gasteiger partial charge is 0.384 e. The molecule has 108 valence electrons. The topological polar surface area (TPSA) is 81.4 Å². The highest BCUT2D eigenvalue weighted by Gasteiger charge is 2.36. The first-order valence-electron chi connectivity index (χ1n) is 6.67. The number of sulfonamides is 1. The van der Waals surface area contributed by atoms with Crippen LogP contribution in [0.1, 0.15) is 39.0 Å². The lowest BCUT2D eigenvalue weighted by molar-refractivity contribution is 0.209. The lowest BCUT2D eigenvalue weighted by Crippen LogP contribution is -2.56. The second-order valence-electron chi connectivity index (χ2n) is 5.25. The molecule has 0 aliphatic heterocycles. The monoisotopic (exact) mass is 278 g/mol. The van der Waals surface area contributed by atoms with Crippen molar-refractivity contribution in [3.63, 3.8) is 0 Å². The third kappa shape index (κ3) is 4.50. The number of ether oxygens (including phenoxy) is 1. The summed E-state index contributed by atoms with van der Waals surface area (Å²) in [7, 11) is -1.79. The Balaban J connectivity index is 2.61. The van der Waals surface area contributed by atoms with Gasteiger partial charge in [0.1, 0.15) is 0 Å². The highest BCUT2D eigenvalue weighted by atomic mass is 32.2. The summed E-state index contributed by atoms with van der Waals surface area (Å²) in [5.74, 6) is 0.718. The number of nitrogens with two attached hydrogens (primary N) is 1. The summed E-state index contributed by atoms with van der Waals surface area (Å²) in [5.41, 5.74) is 5.37. The van der Waals surface area contributed by atoms with Crippen LogP contribution in [0.3, 0.4) is 0 Å². The van der Waals surface area contributed by atoms with Crippen molar-refractivity contribution in [3.8, 4) is 0 Å². The summed E-state index contributed by atoms with van der Waals surface area (Å²) in [6.07, 6.45) is 4.96. The average Bonchev–Trinajstić information content (AvgIpc) is 2.37. The van der Waals surface area contributed by atoms with Crippen molar-refractivity contribution in [2.24, 2.45) is 11.7 Å². The smallest absolute Gasteiger partial charge is 0.214 e. The average molecular weight is 278 g/mol. The summed E-state index contributed by atoms with van der Waals surface area (Å²) in [6.45, 7) is 2.77. The summed E-state index contributed by atoms with van der Waals surface area (Å²) in [4.78, 5) is 0. The lowest BCUT2D eigenvalue weighted by Gasteiger charge is -2.39. The van der Waals surface area contributed by atoms with Crippen LogP contribution in [0.2, 0.25) is 0 Å². The van der Waals surface area contributed by atoms with Gasteiger partial charge >= 0.3 is 0 Å². The fourth-order valence-corrected chi connectivity index (χ4v) is 4.00. The first-order chi connectivity index (χ1) is 8.47. The molecule has 0 atom stereocenters. The standard InChI is InChI=1S/C12H26N2O3S/c1-3-11-4-6-12(10-13,7-5-11)14-18(15,16)9-8-17-2/h11,14H,3-10,13H2,1-2H3. The number of rotatable bonds is 7. The van der Waals surface area contributed by atoms with Crippen LogP contribution in [-0.4, -0.2) is 40.0 Å². The Hall–Kier alpha value is -0.170. The Morgan fingerprint density at radius 1 is 1.39 bits per heavy atom. The van der Waals surface area contributed by atoms with E-state index in [2.05, 4.69) is 11.6 Å². The fourth-order valence-electron chi connectivity index (χ4n) is 2.56. The van der Waals surface area contributed by atoms with Gasteiger partial charge in [-0.3, -0.25) is 0 Å². The molecule has 0 spiro atoms. The van der Waals surface area contributed by atoms with Crippen molar-refractivity contribution in [2.75, 3.05) is 26.0 Å². The Kier molecular flexibility index (Phi) is 6.04. The second kappa shape index (κ2) is 6.84. The minimum absolute atomic E-state index is 0.00244. The molecule has 1 saturated carbocycles. The molecule has 1 aliphatic carbocycles. The van der Waals surface area contributed by atoms with Gasteiger partial charge in [-0.1, -0.05) is 13.3 Å².